The highest BCUT2D eigenvalue weighted by Gasteiger charge is 2.37. The van der Waals surface area contributed by atoms with E-state index in [9.17, 15) is 19.2 Å². The summed E-state index contributed by atoms with van der Waals surface area (Å²) in [5.74, 6) is -1.23. The van der Waals surface area contributed by atoms with E-state index >= 15 is 0 Å². The molecule has 0 aromatic carbocycles. The molecule has 0 amide bonds. The van der Waals surface area contributed by atoms with E-state index in [0.717, 1.165) is 4.57 Å². The summed E-state index contributed by atoms with van der Waals surface area (Å²) in [5.41, 5.74) is -2.59. The maximum Gasteiger partial charge on any atom is 0.331 e. The zero-order valence-electron chi connectivity index (χ0n) is 12.0. The molecule has 0 aliphatic heterocycles. The van der Waals surface area contributed by atoms with Crippen molar-refractivity contribution in [2.24, 2.45) is 12.5 Å². The number of carbonyl (C=O) groups excluding carboxylic acids is 2. The third-order valence-corrected chi connectivity index (χ3v) is 3.02. The lowest BCUT2D eigenvalue weighted by molar-refractivity contribution is -0.158. The van der Waals surface area contributed by atoms with Gasteiger partial charge in [-0.1, -0.05) is 0 Å². The Hall–Kier alpha value is -2.18. The van der Waals surface area contributed by atoms with Crippen LogP contribution in [-0.2, 0) is 27.9 Å². The fraction of sp³-hybridized carbons (Fsp3) is 0.538. The Kier molecular flexibility index (Phi) is 4.65. The first-order chi connectivity index (χ1) is 9.21. The summed E-state index contributed by atoms with van der Waals surface area (Å²) in [7, 11) is 1.47. The predicted octanol–water partition coefficient (Wildman–Crippen LogP) is -0.295. The molecule has 1 aromatic rings. The monoisotopic (exact) mass is 282 g/mol. The van der Waals surface area contributed by atoms with Crippen LogP contribution in [0.4, 0.5) is 0 Å². The second-order valence-corrected chi connectivity index (χ2v) is 4.90. The second-order valence-electron chi connectivity index (χ2n) is 4.90. The van der Waals surface area contributed by atoms with Crippen molar-refractivity contribution in [1.82, 2.24) is 9.13 Å². The van der Waals surface area contributed by atoms with Crippen molar-refractivity contribution in [3.8, 4) is 0 Å². The zero-order chi connectivity index (χ0) is 15.5. The number of carbonyl (C=O) groups is 2. The highest BCUT2D eigenvalue weighted by molar-refractivity contribution is 6.02. The quantitative estimate of drug-likeness (QED) is 0.547. The molecule has 0 atom stereocenters. The van der Waals surface area contributed by atoms with Crippen LogP contribution in [-0.4, -0.2) is 27.5 Å². The van der Waals surface area contributed by atoms with Crippen LogP contribution in [0.2, 0.25) is 0 Å². The molecule has 1 aromatic heterocycles. The summed E-state index contributed by atoms with van der Waals surface area (Å²) in [6, 6.07) is 1.19. The van der Waals surface area contributed by atoms with Gasteiger partial charge < -0.3 is 9.30 Å². The molecule has 0 bridgehead atoms. The first-order valence-corrected chi connectivity index (χ1v) is 6.18. The number of Topliss-reactive ketones (excluding diaryl/α,β-unsaturated/α-hetero) is 1. The second kappa shape index (κ2) is 5.85. The maximum atomic E-state index is 12.2. The van der Waals surface area contributed by atoms with Gasteiger partial charge in [-0.2, -0.15) is 0 Å². The van der Waals surface area contributed by atoms with Crippen molar-refractivity contribution in [2.75, 3.05) is 6.61 Å². The van der Waals surface area contributed by atoms with E-state index in [1.54, 1.807) is 6.92 Å². The number of ketones is 1. The van der Waals surface area contributed by atoms with Gasteiger partial charge in [0.15, 0.2) is 5.78 Å². The number of rotatable bonds is 5. The van der Waals surface area contributed by atoms with Gasteiger partial charge in [0, 0.05) is 19.3 Å². The average molecular weight is 282 g/mol. The third kappa shape index (κ3) is 3.04. The molecular weight excluding hydrogens is 264 g/mol. The molecule has 7 heteroatoms. The fourth-order valence-corrected chi connectivity index (χ4v) is 1.53. The van der Waals surface area contributed by atoms with Crippen molar-refractivity contribution in [3.05, 3.63) is 33.1 Å². The molecular formula is C13H18N2O5. The Morgan fingerprint density at radius 1 is 1.30 bits per heavy atom. The Balaban J connectivity index is 3.09. The molecule has 20 heavy (non-hydrogen) atoms. The SMILES string of the molecule is CCOC(=O)C(C)(C)C(=O)Cn1c(=O)ccn(C)c1=O. The summed E-state index contributed by atoms with van der Waals surface area (Å²) >= 11 is 0. The molecule has 7 nitrogen and oxygen atoms in total. The van der Waals surface area contributed by atoms with Gasteiger partial charge in [-0.15, -0.1) is 0 Å². The summed E-state index contributed by atoms with van der Waals surface area (Å²) in [4.78, 5) is 47.3. The topological polar surface area (TPSA) is 87.4 Å². The van der Waals surface area contributed by atoms with E-state index in [-0.39, 0.29) is 6.61 Å². The molecule has 0 aliphatic rings. The molecule has 0 saturated carbocycles. The minimum atomic E-state index is -1.41. The number of hydrogen-bond acceptors (Lipinski definition) is 5. The van der Waals surface area contributed by atoms with Gasteiger partial charge in [-0.25, -0.2) is 4.79 Å². The summed E-state index contributed by atoms with van der Waals surface area (Å²) in [5, 5.41) is 0. The summed E-state index contributed by atoms with van der Waals surface area (Å²) in [6.07, 6.45) is 1.32. The molecule has 1 heterocycles. The normalized spacial score (nSPS) is 11.2. The number of ether oxygens (including phenoxy) is 1. The van der Waals surface area contributed by atoms with Crippen LogP contribution < -0.4 is 11.2 Å². The van der Waals surface area contributed by atoms with E-state index in [4.69, 9.17) is 4.74 Å². The minimum Gasteiger partial charge on any atom is -0.465 e. The van der Waals surface area contributed by atoms with Gasteiger partial charge in [0.2, 0.25) is 0 Å². The maximum absolute atomic E-state index is 12.2. The molecule has 0 aliphatic carbocycles. The van der Waals surface area contributed by atoms with Gasteiger partial charge in [0.1, 0.15) is 5.41 Å². The number of nitrogens with zero attached hydrogens (tertiary/aromatic N) is 2. The van der Waals surface area contributed by atoms with Gasteiger partial charge >= 0.3 is 11.7 Å². The number of esters is 1. The molecule has 110 valence electrons. The van der Waals surface area contributed by atoms with Crippen LogP contribution in [0.25, 0.3) is 0 Å². The van der Waals surface area contributed by atoms with Crippen molar-refractivity contribution in [2.45, 2.75) is 27.3 Å². The number of hydrogen-bond donors (Lipinski definition) is 0. The highest BCUT2D eigenvalue weighted by Crippen LogP contribution is 2.19. The van der Waals surface area contributed by atoms with Crippen molar-refractivity contribution in [3.63, 3.8) is 0 Å². The number of aryl methyl sites for hydroxylation is 1. The molecule has 0 radical (unpaired) electrons. The lowest BCUT2D eigenvalue weighted by Gasteiger charge is -2.21. The average Bonchev–Trinajstić information content (AvgIpc) is 2.39. The van der Waals surface area contributed by atoms with Gasteiger partial charge in [-0.3, -0.25) is 19.0 Å². The zero-order valence-corrected chi connectivity index (χ0v) is 12.0. The largest absolute Gasteiger partial charge is 0.465 e. The fourth-order valence-electron chi connectivity index (χ4n) is 1.53. The van der Waals surface area contributed by atoms with E-state index < -0.39 is 35.0 Å². The van der Waals surface area contributed by atoms with Crippen LogP contribution >= 0.6 is 0 Å². The first kappa shape index (κ1) is 15.9. The van der Waals surface area contributed by atoms with Gasteiger partial charge in [0.05, 0.1) is 13.2 Å². The van der Waals surface area contributed by atoms with Crippen LogP contribution in [0.3, 0.4) is 0 Å². The van der Waals surface area contributed by atoms with Gasteiger partial charge in [-0.05, 0) is 20.8 Å². The van der Waals surface area contributed by atoms with E-state index in [1.807, 2.05) is 0 Å². The molecule has 0 N–H and O–H groups in total. The van der Waals surface area contributed by atoms with Crippen molar-refractivity contribution < 1.29 is 14.3 Å². The minimum absolute atomic E-state index is 0.155. The molecule has 1 rings (SSSR count). The van der Waals surface area contributed by atoms with E-state index in [1.165, 1.54) is 37.7 Å². The van der Waals surface area contributed by atoms with E-state index in [0.29, 0.717) is 0 Å². The van der Waals surface area contributed by atoms with Crippen molar-refractivity contribution >= 4 is 11.8 Å². The first-order valence-electron chi connectivity index (χ1n) is 6.18. The van der Waals surface area contributed by atoms with Crippen LogP contribution in [0, 0.1) is 5.41 Å². The van der Waals surface area contributed by atoms with E-state index in [2.05, 4.69) is 0 Å². The smallest absolute Gasteiger partial charge is 0.331 e. The Morgan fingerprint density at radius 3 is 2.45 bits per heavy atom. The molecule has 0 saturated heterocycles. The summed E-state index contributed by atoms with van der Waals surface area (Å²) < 4.78 is 6.80. The van der Waals surface area contributed by atoms with Crippen LogP contribution in [0.15, 0.2) is 21.9 Å². The number of aromatic nitrogens is 2. The third-order valence-electron chi connectivity index (χ3n) is 3.02. The van der Waals surface area contributed by atoms with Crippen LogP contribution in [0.1, 0.15) is 20.8 Å². The highest BCUT2D eigenvalue weighted by atomic mass is 16.5. The Bertz CT molecular complexity index is 639. The predicted molar refractivity (Wildman–Crippen MR) is 71.4 cm³/mol. The van der Waals surface area contributed by atoms with Crippen molar-refractivity contribution in [1.29, 1.82) is 0 Å². The Morgan fingerprint density at radius 2 is 1.90 bits per heavy atom. The standard InChI is InChI=1S/C13H18N2O5/c1-5-20-11(18)13(2,3)9(16)8-15-10(17)6-7-14(4)12(15)19/h6-7H,5,8H2,1-4H3. The molecule has 0 unspecified atom stereocenters. The summed E-state index contributed by atoms with van der Waals surface area (Å²) in [6.45, 7) is 4.15. The lowest BCUT2D eigenvalue weighted by Crippen LogP contribution is -2.44. The van der Waals surface area contributed by atoms with Gasteiger partial charge in [0.25, 0.3) is 5.56 Å². The Labute approximate surface area is 115 Å². The van der Waals surface area contributed by atoms with Crippen LogP contribution in [0.5, 0.6) is 0 Å². The molecule has 0 fully saturated rings. The lowest BCUT2D eigenvalue weighted by atomic mass is 9.88. The molecule has 0 spiro atoms.